The molecular formula is C15H15ClN2S. The maximum atomic E-state index is 5.90. The Hall–Kier alpha value is -1.37. The van der Waals surface area contributed by atoms with Crippen molar-refractivity contribution in [3.63, 3.8) is 0 Å². The molecule has 0 aromatic heterocycles. The van der Waals surface area contributed by atoms with Gasteiger partial charge in [0.1, 0.15) is 11.5 Å². The molecule has 1 aromatic rings. The van der Waals surface area contributed by atoms with Crippen LogP contribution in [-0.4, -0.2) is 22.3 Å². The lowest BCUT2D eigenvalue weighted by Gasteiger charge is -2.24. The summed E-state index contributed by atoms with van der Waals surface area (Å²) in [6, 6.07) is 7.75. The molecule has 0 amide bonds. The Balaban J connectivity index is 2.18. The van der Waals surface area contributed by atoms with Crippen molar-refractivity contribution in [1.29, 1.82) is 0 Å². The second-order valence-corrected chi connectivity index (χ2v) is 5.12. The van der Waals surface area contributed by atoms with Gasteiger partial charge in [-0.05, 0) is 24.1 Å². The summed E-state index contributed by atoms with van der Waals surface area (Å²) in [5.74, 6) is 6.12. The lowest BCUT2D eigenvalue weighted by atomic mass is 10.0. The SMILES string of the molecule is CCC#CCN1N=C(c2ccc(Cl)cc2)CCC1=S. The molecule has 0 saturated heterocycles. The Morgan fingerprint density at radius 1 is 1.26 bits per heavy atom. The summed E-state index contributed by atoms with van der Waals surface area (Å²) >= 11 is 11.2. The smallest absolute Gasteiger partial charge is 0.103 e. The van der Waals surface area contributed by atoms with Crippen molar-refractivity contribution >= 4 is 34.5 Å². The molecule has 1 aromatic carbocycles. The molecule has 0 fully saturated rings. The lowest BCUT2D eigenvalue weighted by molar-refractivity contribution is 0.487. The molecule has 19 heavy (non-hydrogen) atoms. The predicted octanol–water partition coefficient (Wildman–Crippen LogP) is 3.88. The first-order chi connectivity index (χ1) is 9.20. The van der Waals surface area contributed by atoms with Gasteiger partial charge in [0.05, 0.1) is 5.71 Å². The van der Waals surface area contributed by atoms with Crippen molar-refractivity contribution in [3.8, 4) is 11.8 Å². The van der Waals surface area contributed by atoms with E-state index < -0.39 is 0 Å². The van der Waals surface area contributed by atoms with E-state index in [9.17, 15) is 0 Å². The zero-order valence-electron chi connectivity index (χ0n) is 10.8. The van der Waals surface area contributed by atoms with Crippen molar-refractivity contribution in [2.75, 3.05) is 6.54 Å². The summed E-state index contributed by atoms with van der Waals surface area (Å²) in [6.07, 6.45) is 2.58. The van der Waals surface area contributed by atoms with E-state index in [1.807, 2.05) is 36.2 Å². The largest absolute Gasteiger partial charge is 0.247 e. The monoisotopic (exact) mass is 290 g/mol. The van der Waals surface area contributed by atoms with Gasteiger partial charge in [-0.15, -0.1) is 5.92 Å². The van der Waals surface area contributed by atoms with E-state index in [1.165, 1.54) is 0 Å². The van der Waals surface area contributed by atoms with Gasteiger partial charge in [-0.25, -0.2) is 5.01 Å². The molecule has 0 saturated carbocycles. The standard InChI is InChI=1S/C15H15ClN2S/c1-2-3-4-11-18-15(19)10-9-14(17-18)12-5-7-13(16)8-6-12/h5-8H,2,9-11H2,1H3. The van der Waals surface area contributed by atoms with Gasteiger partial charge in [-0.3, -0.25) is 0 Å². The maximum absolute atomic E-state index is 5.90. The highest BCUT2D eigenvalue weighted by Crippen LogP contribution is 2.17. The normalized spacial score (nSPS) is 14.7. The topological polar surface area (TPSA) is 15.6 Å². The maximum Gasteiger partial charge on any atom is 0.103 e. The van der Waals surface area contributed by atoms with Gasteiger partial charge in [-0.2, -0.15) is 5.10 Å². The van der Waals surface area contributed by atoms with Crippen molar-refractivity contribution in [2.24, 2.45) is 5.10 Å². The van der Waals surface area contributed by atoms with Crippen LogP contribution in [-0.2, 0) is 0 Å². The first-order valence-electron chi connectivity index (χ1n) is 6.30. The van der Waals surface area contributed by atoms with Crippen LogP contribution in [0.2, 0.25) is 5.02 Å². The summed E-state index contributed by atoms with van der Waals surface area (Å²) in [4.78, 5) is 0.864. The van der Waals surface area contributed by atoms with Crippen LogP contribution in [0, 0.1) is 11.8 Å². The quantitative estimate of drug-likeness (QED) is 0.607. The summed E-state index contributed by atoms with van der Waals surface area (Å²) in [5, 5.41) is 7.16. The average molecular weight is 291 g/mol. The van der Waals surface area contributed by atoms with Crippen LogP contribution in [0.4, 0.5) is 0 Å². The molecule has 0 radical (unpaired) electrons. The Morgan fingerprint density at radius 2 is 2.00 bits per heavy atom. The van der Waals surface area contributed by atoms with Gasteiger partial charge in [0.2, 0.25) is 0 Å². The molecule has 4 heteroatoms. The highest BCUT2D eigenvalue weighted by Gasteiger charge is 2.17. The van der Waals surface area contributed by atoms with Crippen LogP contribution < -0.4 is 0 Å². The highest BCUT2D eigenvalue weighted by atomic mass is 35.5. The van der Waals surface area contributed by atoms with Gasteiger partial charge in [0.25, 0.3) is 0 Å². The molecule has 0 aliphatic carbocycles. The zero-order valence-corrected chi connectivity index (χ0v) is 12.4. The molecule has 1 aliphatic heterocycles. The van der Waals surface area contributed by atoms with Crippen LogP contribution in [0.1, 0.15) is 31.7 Å². The minimum absolute atomic E-state index is 0.573. The molecule has 0 bridgehead atoms. The fourth-order valence-corrected chi connectivity index (χ4v) is 2.16. The van der Waals surface area contributed by atoms with Gasteiger partial charge < -0.3 is 0 Å². The number of hydrogen-bond donors (Lipinski definition) is 0. The first kappa shape index (κ1) is 14.0. The van der Waals surface area contributed by atoms with Crippen molar-refractivity contribution in [1.82, 2.24) is 5.01 Å². The molecule has 2 nitrogen and oxygen atoms in total. The van der Waals surface area contributed by atoms with Gasteiger partial charge in [-0.1, -0.05) is 48.8 Å². The Bertz CT molecular complexity index is 552. The number of thiocarbonyl (C=S) groups is 1. The number of nitrogens with zero attached hydrogens (tertiary/aromatic N) is 2. The number of benzene rings is 1. The van der Waals surface area contributed by atoms with E-state index in [4.69, 9.17) is 23.8 Å². The molecule has 0 unspecified atom stereocenters. The van der Waals surface area contributed by atoms with E-state index in [-0.39, 0.29) is 0 Å². The summed E-state index contributed by atoms with van der Waals surface area (Å²) < 4.78 is 0. The summed E-state index contributed by atoms with van der Waals surface area (Å²) in [6.45, 7) is 2.60. The Kier molecular flexibility index (Phi) is 4.95. The minimum Gasteiger partial charge on any atom is -0.247 e. The highest BCUT2D eigenvalue weighted by molar-refractivity contribution is 7.80. The van der Waals surface area contributed by atoms with E-state index in [0.29, 0.717) is 6.54 Å². The lowest BCUT2D eigenvalue weighted by Crippen LogP contribution is -2.31. The van der Waals surface area contributed by atoms with Crippen LogP contribution in [0.15, 0.2) is 29.4 Å². The van der Waals surface area contributed by atoms with Gasteiger partial charge in [0, 0.05) is 17.9 Å². The Labute approximate surface area is 124 Å². The summed E-state index contributed by atoms with van der Waals surface area (Å²) in [7, 11) is 0. The van der Waals surface area contributed by atoms with Crippen LogP contribution >= 0.6 is 23.8 Å². The molecule has 1 heterocycles. The van der Waals surface area contributed by atoms with E-state index >= 15 is 0 Å². The second-order valence-electron chi connectivity index (χ2n) is 4.21. The third-order valence-electron chi connectivity index (χ3n) is 2.81. The molecular weight excluding hydrogens is 276 g/mol. The molecule has 0 N–H and O–H groups in total. The molecule has 0 spiro atoms. The number of hydrazone groups is 1. The zero-order chi connectivity index (χ0) is 13.7. The third-order valence-corrected chi connectivity index (χ3v) is 3.48. The number of rotatable bonds is 2. The average Bonchev–Trinajstić information content (AvgIpc) is 2.42. The molecule has 2 rings (SSSR count). The minimum atomic E-state index is 0.573. The van der Waals surface area contributed by atoms with Crippen LogP contribution in [0.5, 0.6) is 0 Å². The fraction of sp³-hybridized carbons (Fsp3) is 0.333. The van der Waals surface area contributed by atoms with Crippen LogP contribution in [0.25, 0.3) is 0 Å². The van der Waals surface area contributed by atoms with E-state index in [0.717, 1.165) is 40.5 Å². The third kappa shape index (κ3) is 3.79. The molecule has 98 valence electrons. The van der Waals surface area contributed by atoms with Crippen LogP contribution in [0.3, 0.4) is 0 Å². The van der Waals surface area contributed by atoms with Crippen molar-refractivity contribution < 1.29 is 0 Å². The fourth-order valence-electron chi connectivity index (χ4n) is 1.83. The number of halogens is 1. The predicted molar refractivity (Wildman–Crippen MR) is 84.6 cm³/mol. The van der Waals surface area contributed by atoms with Gasteiger partial charge >= 0.3 is 0 Å². The van der Waals surface area contributed by atoms with Gasteiger partial charge in [0.15, 0.2) is 0 Å². The number of hydrogen-bond acceptors (Lipinski definition) is 2. The Morgan fingerprint density at radius 3 is 2.68 bits per heavy atom. The molecule has 1 aliphatic rings. The van der Waals surface area contributed by atoms with E-state index in [2.05, 4.69) is 16.9 Å². The second kappa shape index (κ2) is 6.70. The first-order valence-corrected chi connectivity index (χ1v) is 7.09. The van der Waals surface area contributed by atoms with Crippen molar-refractivity contribution in [3.05, 3.63) is 34.9 Å². The van der Waals surface area contributed by atoms with Crippen molar-refractivity contribution in [2.45, 2.75) is 26.2 Å². The van der Waals surface area contributed by atoms with E-state index in [1.54, 1.807) is 0 Å². The summed E-state index contributed by atoms with van der Waals surface area (Å²) in [5.41, 5.74) is 2.14. The molecule has 0 atom stereocenters.